The Bertz CT molecular complexity index is 1270. The lowest BCUT2D eigenvalue weighted by atomic mass is 9.95. The van der Waals surface area contributed by atoms with Crippen molar-refractivity contribution in [2.45, 2.75) is 6.18 Å². The van der Waals surface area contributed by atoms with Gasteiger partial charge in [0.05, 0.1) is 5.56 Å². The molecule has 1 heterocycles. The molecule has 0 unspecified atom stereocenters. The van der Waals surface area contributed by atoms with E-state index >= 15 is 0 Å². The summed E-state index contributed by atoms with van der Waals surface area (Å²) in [6.45, 7) is 0. The highest BCUT2D eigenvalue weighted by molar-refractivity contribution is 5.97. The van der Waals surface area contributed by atoms with E-state index in [-0.39, 0.29) is 11.5 Å². The number of carboxylic acid groups (broad SMARTS) is 1. The largest absolute Gasteiger partial charge is 0.478 e. The molecular formula is C24H16F3N3O2. The number of aromatic nitrogens is 2. The molecule has 32 heavy (non-hydrogen) atoms. The molecule has 4 rings (SSSR count). The number of alkyl halides is 3. The summed E-state index contributed by atoms with van der Waals surface area (Å²) in [5.41, 5.74) is 2.27. The van der Waals surface area contributed by atoms with E-state index in [2.05, 4.69) is 15.3 Å². The second-order valence-corrected chi connectivity index (χ2v) is 6.90. The average Bonchev–Trinajstić information content (AvgIpc) is 2.79. The molecule has 0 radical (unpaired) electrons. The van der Waals surface area contributed by atoms with Gasteiger partial charge in [-0.3, -0.25) is 0 Å². The number of nitrogens with zero attached hydrogens (tertiary/aromatic N) is 2. The van der Waals surface area contributed by atoms with Crippen LogP contribution in [0, 0.1) is 0 Å². The third-order valence-corrected chi connectivity index (χ3v) is 4.73. The highest BCUT2D eigenvalue weighted by Crippen LogP contribution is 2.31. The van der Waals surface area contributed by atoms with Gasteiger partial charge in [-0.2, -0.15) is 13.2 Å². The number of hydrogen-bond donors (Lipinski definition) is 2. The Labute approximate surface area is 181 Å². The van der Waals surface area contributed by atoms with Crippen molar-refractivity contribution in [1.82, 2.24) is 9.97 Å². The summed E-state index contributed by atoms with van der Waals surface area (Å²) in [5, 5.41) is 12.5. The Kier molecular flexibility index (Phi) is 5.59. The SMILES string of the molecule is O=C(O)c1cc(-c2cccc(Nc3nccc(C(F)(F)F)n3)c2)ccc1-c1ccccc1. The summed E-state index contributed by atoms with van der Waals surface area (Å²) in [7, 11) is 0. The Morgan fingerprint density at radius 1 is 0.844 bits per heavy atom. The fourth-order valence-corrected chi connectivity index (χ4v) is 3.25. The lowest BCUT2D eigenvalue weighted by Gasteiger charge is -2.12. The fraction of sp³-hybridized carbons (Fsp3) is 0.0417. The van der Waals surface area contributed by atoms with Gasteiger partial charge in [-0.15, -0.1) is 0 Å². The van der Waals surface area contributed by atoms with Crippen LogP contribution in [0.3, 0.4) is 0 Å². The third kappa shape index (κ3) is 4.59. The van der Waals surface area contributed by atoms with Crippen molar-refractivity contribution in [3.05, 3.63) is 96.3 Å². The maximum atomic E-state index is 12.9. The number of nitrogens with one attached hydrogen (secondary N) is 1. The van der Waals surface area contributed by atoms with Gasteiger partial charge in [-0.25, -0.2) is 14.8 Å². The maximum Gasteiger partial charge on any atom is 0.433 e. The zero-order valence-corrected chi connectivity index (χ0v) is 16.5. The lowest BCUT2D eigenvalue weighted by molar-refractivity contribution is -0.141. The van der Waals surface area contributed by atoms with E-state index in [9.17, 15) is 23.1 Å². The molecule has 0 aliphatic carbocycles. The first-order valence-electron chi connectivity index (χ1n) is 9.52. The molecule has 0 aliphatic rings. The van der Waals surface area contributed by atoms with Gasteiger partial charge >= 0.3 is 12.1 Å². The summed E-state index contributed by atoms with van der Waals surface area (Å²) in [6, 6.07) is 21.9. The summed E-state index contributed by atoms with van der Waals surface area (Å²) in [6.07, 6.45) is -3.54. The van der Waals surface area contributed by atoms with Crippen LogP contribution in [0.5, 0.6) is 0 Å². The van der Waals surface area contributed by atoms with Crippen molar-refractivity contribution < 1.29 is 23.1 Å². The van der Waals surface area contributed by atoms with Crippen molar-refractivity contribution >= 4 is 17.6 Å². The van der Waals surface area contributed by atoms with Crippen LogP contribution in [0.25, 0.3) is 22.3 Å². The smallest absolute Gasteiger partial charge is 0.433 e. The standard InChI is InChI=1S/C24H16F3N3O2/c25-24(26,27)21-11-12-28-23(30-21)29-18-8-4-7-16(13-18)17-9-10-19(20(14-17)22(31)32)15-5-2-1-3-6-15/h1-14H,(H,31,32)(H,28,29,30). The molecule has 0 saturated heterocycles. The van der Waals surface area contributed by atoms with Gasteiger partial charge in [0, 0.05) is 11.9 Å². The molecule has 5 nitrogen and oxygen atoms in total. The highest BCUT2D eigenvalue weighted by Gasteiger charge is 2.32. The van der Waals surface area contributed by atoms with Crippen LogP contribution in [0.4, 0.5) is 24.8 Å². The van der Waals surface area contributed by atoms with Gasteiger partial charge in [0.25, 0.3) is 0 Å². The molecular weight excluding hydrogens is 419 g/mol. The molecule has 0 amide bonds. The molecule has 8 heteroatoms. The molecule has 0 spiro atoms. The quantitative estimate of drug-likeness (QED) is 0.386. The van der Waals surface area contributed by atoms with Crippen LogP contribution in [-0.4, -0.2) is 21.0 Å². The number of hydrogen-bond acceptors (Lipinski definition) is 4. The zero-order chi connectivity index (χ0) is 22.7. The molecule has 0 atom stereocenters. The molecule has 1 aromatic heterocycles. The molecule has 0 aliphatic heterocycles. The van der Waals surface area contributed by atoms with Crippen molar-refractivity contribution in [3.63, 3.8) is 0 Å². The van der Waals surface area contributed by atoms with Gasteiger partial charge < -0.3 is 10.4 Å². The minimum absolute atomic E-state index is 0.147. The number of carboxylic acids is 1. The maximum absolute atomic E-state index is 12.9. The Hall–Kier alpha value is -4.20. The highest BCUT2D eigenvalue weighted by atomic mass is 19.4. The topological polar surface area (TPSA) is 75.1 Å². The summed E-state index contributed by atoms with van der Waals surface area (Å²) in [5.74, 6) is -1.25. The van der Waals surface area contributed by atoms with Crippen LogP contribution in [0.15, 0.2) is 85.1 Å². The predicted octanol–water partition coefficient (Wildman–Crippen LogP) is 6.27. The molecule has 0 bridgehead atoms. The molecule has 160 valence electrons. The number of rotatable bonds is 5. The van der Waals surface area contributed by atoms with E-state index < -0.39 is 17.8 Å². The van der Waals surface area contributed by atoms with Crippen molar-refractivity contribution in [3.8, 4) is 22.3 Å². The van der Waals surface area contributed by atoms with E-state index in [1.807, 2.05) is 30.3 Å². The van der Waals surface area contributed by atoms with Crippen molar-refractivity contribution in [2.24, 2.45) is 0 Å². The Morgan fingerprint density at radius 2 is 1.56 bits per heavy atom. The van der Waals surface area contributed by atoms with Gasteiger partial charge in [-0.05, 0) is 46.5 Å². The van der Waals surface area contributed by atoms with Gasteiger partial charge in [0.1, 0.15) is 5.69 Å². The Morgan fingerprint density at radius 3 is 2.28 bits per heavy atom. The number of carbonyl (C=O) groups is 1. The Balaban J connectivity index is 1.67. The van der Waals surface area contributed by atoms with Crippen LogP contribution in [0.2, 0.25) is 0 Å². The first kappa shape index (κ1) is 21.0. The molecule has 3 aromatic carbocycles. The second-order valence-electron chi connectivity index (χ2n) is 6.90. The lowest BCUT2D eigenvalue weighted by Crippen LogP contribution is -2.10. The van der Waals surface area contributed by atoms with Crippen LogP contribution < -0.4 is 5.32 Å². The van der Waals surface area contributed by atoms with Crippen molar-refractivity contribution in [2.75, 3.05) is 5.32 Å². The van der Waals surface area contributed by atoms with E-state index in [1.54, 1.807) is 42.5 Å². The number of anilines is 2. The number of halogens is 3. The van der Waals surface area contributed by atoms with E-state index in [1.165, 1.54) is 0 Å². The first-order chi connectivity index (χ1) is 15.3. The summed E-state index contributed by atoms with van der Waals surface area (Å²) >= 11 is 0. The normalized spacial score (nSPS) is 11.2. The van der Waals surface area contributed by atoms with Gasteiger partial charge in [0.2, 0.25) is 5.95 Å². The van der Waals surface area contributed by atoms with Crippen molar-refractivity contribution in [1.29, 1.82) is 0 Å². The van der Waals surface area contributed by atoms with Crippen LogP contribution in [0.1, 0.15) is 16.1 Å². The number of aromatic carboxylic acids is 1. The van der Waals surface area contributed by atoms with E-state index in [4.69, 9.17) is 0 Å². The van der Waals surface area contributed by atoms with Crippen LogP contribution >= 0.6 is 0 Å². The molecule has 0 saturated carbocycles. The molecule has 2 N–H and O–H groups in total. The first-order valence-corrected chi connectivity index (χ1v) is 9.52. The second kappa shape index (κ2) is 8.50. The van der Waals surface area contributed by atoms with Crippen LogP contribution in [-0.2, 0) is 6.18 Å². The molecule has 0 fully saturated rings. The minimum atomic E-state index is -4.57. The van der Waals surface area contributed by atoms with Gasteiger partial charge in [0.15, 0.2) is 0 Å². The molecule has 4 aromatic rings. The number of benzene rings is 3. The summed E-state index contributed by atoms with van der Waals surface area (Å²) < 4.78 is 38.7. The van der Waals surface area contributed by atoms with E-state index in [0.29, 0.717) is 22.4 Å². The third-order valence-electron chi connectivity index (χ3n) is 4.73. The monoisotopic (exact) mass is 435 g/mol. The summed E-state index contributed by atoms with van der Waals surface area (Å²) in [4.78, 5) is 19.2. The zero-order valence-electron chi connectivity index (χ0n) is 16.5. The minimum Gasteiger partial charge on any atom is -0.478 e. The predicted molar refractivity (Wildman–Crippen MR) is 115 cm³/mol. The average molecular weight is 435 g/mol. The van der Waals surface area contributed by atoms with E-state index in [0.717, 1.165) is 17.8 Å². The fourth-order valence-electron chi connectivity index (χ4n) is 3.25. The van der Waals surface area contributed by atoms with Gasteiger partial charge in [-0.1, -0.05) is 54.6 Å².